The van der Waals surface area contributed by atoms with Gasteiger partial charge in [-0.15, -0.1) is 0 Å². The van der Waals surface area contributed by atoms with Gasteiger partial charge in [-0.25, -0.2) is 0 Å². The lowest BCUT2D eigenvalue weighted by molar-refractivity contribution is -0.0105. The van der Waals surface area contributed by atoms with E-state index >= 15 is 0 Å². The average Bonchev–Trinajstić information content (AvgIpc) is 2.28. The molecule has 88 valence electrons. The first-order valence-electron chi connectivity index (χ1n) is 5.87. The highest BCUT2D eigenvalue weighted by molar-refractivity contribution is 5.53. The zero-order valence-electron chi connectivity index (χ0n) is 10.0. The van der Waals surface area contributed by atoms with Gasteiger partial charge in [0.15, 0.2) is 0 Å². The number of rotatable bonds is 2. The van der Waals surface area contributed by atoms with E-state index in [1.807, 2.05) is 0 Å². The van der Waals surface area contributed by atoms with Crippen LogP contribution in [-0.2, 0) is 4.74 Å². The van der Waals surface area contributed by atoms with Gasteiger partial charge in [0.1, 0.15) is 0 Å². The Bertz CT molecular complexity index is 354. The predicted molar refractivity (Wildman–Crippen MR) is 66.8 cm³/mol. The third-order valence-corrected chi connectivity index (χ3v) is 3.05. The van der Waals surface area contributed by atoms with E-state index < -0.39 is 0 Å². The third-order valence-electron chi connectivity index (χ3n) is 3.05. The Morgan fingerprint density at radius 3 is 2.81 bits per heavy atom. The molecule has 1 saturated heterocycles. The van der Waals surface area contributed by atoms with E-state index in [4.69, 9.17) is 10.5 Å². The predicted octanol–water partition coefficient (Wildman–Crippen LogP) is 1.55. The Morgan fingerprint density at radius 2 is 2.12 bits per heavy atom. The standard InChI is InChI=1S/C13H20N2O/c1-10-5-3-4-6-13(10)15-8-11(2)16-12(7-14)9-15/h3-6,11-12H,7-9,14H2,1-2H3. The number of nitrogens with zero attached hydrogens (tertiary/aromatic N) is 1. The molecule has 3 nitrogen and oxygen atoms in total. The lowest BCUT2D eigenvalue weighted by Gasteiger charge is -2.38. The largest absolute Gasteiger partial charge is 0.370 e. The van der Waals surface area contributed by atoms with Gasteiger partial charge in [-0.1, -0.05) is 18.2 Å². The first kappa shape index (κ1) is 11.4. The molecular formula is C13H20N2O. The van der Waals surface area contributed by atoms with E-state index in [9.17, 15) is 0 Å². The molecule has 1 aliphatic rings. The van der Waals surface area contributed by atoms with E-state index in [1.165, 1.54) is 11.3 Å². The molecule has 16 heavy (non-hydrogen) atoms. The quantitative estimate of drug-likeness (QED) is 0.821. The van der Waals surface area contributed by atoms with Gasteiger partial charge in [0.05, 0.1) is 12.2 Å². The molecule has 2 unspecified atom stereocenters. The van der Waals surface area contributed by atoms with Crippen molar-refractivity contribution in [2.24, 2.45) is 5.73 Å². The summed E-state index contributed by atoms with van der Waals surface area (Å²) in [6.45, 7) is 6.68. The van der Waals surface area contributed by atoms with Gasteiger partial charge < -0.3 is 15.4 Å². The van der Waals surface area contributed by atoms with Crippen LogP contribution in [0.25, 0.3) is 0 Å². The van der Waals surface area contributed by atoms with Crippen LogP contribution in [0.3, 0.4) is 0 Å². The van der Waals surface area contributed by atoms with E-state index in [0.717, 1.165) is 13.1 Å². The van der Waals surface area contributed by atoms with Crippen molar-refractivity contribution in [1.29, 1.82) is 0 Å². The summed E-state index contributed by atoms with van der Waals surface area (Å²) in [5, 5.41) is 0. The highest BCUT2D eigenvalue weighted by atomic mass is 16.5. The minimum atomic E-state index is 0.156. The van der Waals surface area contributed by atoms with Crippen molar-refractivity contribution in [3.8, 4) is 0 Å². The van der Waals surface area contributed by atoms with Gasteiger partial charge in [0, 0.05) is 25.3 Å². The number of hydrogen-bond donors (Lipinski definition) is 1. The number of benzene rings is 1. The lowest BCUT2D eigenvalue weighted by Crippen LogP contribution is -2.49. The molecule has 1 fully saturated rings. The minimum absolute atomic E-state index is 0.156. The van der Waals surface area contributed by atoms with Crippen LogP contribution in [0, 0.1) is 6.92 Å². The fourth-order valence-corrected chi connectivity index (χ4v) is 2.29. The molecular weight excluding hydrogens is 200 g/mol. The summed E-state index contributed by atoms with van der Waals surface area (Å²) in [6, 6.07) is 8.47. The Hall–Kier alpha value is -1.06. The Labute approximate surface area is 97.2 Å². The summed E-state index contributed by atoms with van der Waals surface area (Å²) in [7, 11) is 0. The fourth-order valence-electron chi connectivity index (χ4n) is 2.29. The molecule has 3 heteroatoms. The van der Waals surface area contributed by atoms with E-state index in [-0.39, 0.29) is 12.2 Å². The average molecular weight is 220 g/mol. The minimum Gasteiger partial charge on any atom is -0.370 e. The maximum atomic E-state index is 5.76. The van der Waals surface area contributed by atoms with Crippen molar-refractivity contribution in [2.75, 3.05) is 24.5 Å². The summed E-state index contributed by atoms with van der Waals surface area (Å²) in [5.74, 6) is 0. The van der Waals surface area contributed by atoms with E-state index in [2.05, 4.69) is 43.0 Å². The van der Waals surface area contributed by atoms with Crippen LogP contribution in [0.1, 0.15) is 12.5 Å². The monoisotopic (exact) mass is 220 g/mol. The van der Waals surface area contributed by atoms with Gasteiger partial charge in [-0.05, 0) is 25.5 Å². The number of para-hydroxylation sites is 1. The smallest absolute Gasteiger partial charge is 0.0876 e. The van der Waals surface area contributed by atoms with Gasteiger partial charge in [-0.2, -0.15) is 0 Å². The second-order valence-electron chi connectivity index (χ2n) is 4.50. The Kier molecular flexibility index (Phi) is 3.46. The van der Waals surface area contributed by atoms with Crippen molar-refractivity contribution >= 4 is 5.69 Å². The third kappa shape index (κ3) is 2.36. The van der Waals surface area contributed by atoms with Crippen molar-refractivity contribution < 1.29 is 4.74 Å². The zero-order valence-corrected chi connectivity index (χ0v) is 10.0. The summed E-state index contributed by atoms with van der Waals surface area (Å²) < 4.78 is 5.76. The van der Waals surface area contributed by atoms with Gasteiger partial charge in [0.25, 0.3) is 0 Å². The maximum Gasteiger partial charge on any atom is 0.0876 e. The first-order valence-corrected chi connectivity index (χ1v) is 5.87. The Morgan fingerprint density at radius 1 is 1.38 bits per heavy atom. The number of ether oxygens (including phenoxy) is 1. The van der Waals surface area contributed by atoms with E-state index in [0.29, 0.717) is 6.54 Å². The maximum absolute atomic E-state index is 5.76. The molecule has 0 aromatic heterocycles. The number of anilines is 1. The number of aryl methyl sites for hydroxylation is 1. The molecule has 0 bridgehead atoms. The summed E-state index contributed by atoms with van der Waals surface area (Å²) in [6.07, 6.45) is 0.408. The van der Waals surface area contributed by atoms with Crippen molar-refractivity contribution in [3.63, 3.8) is 0 Å². The van der Waals surface area contributed by atoms with Crippen molar-refractivity contribution in [3.05, 3.63) is 29.8 Å². The van der Waals surface area contributed by atoms with Crippen molar-refractivity contribution in [2.45, 2.75) is 26.1 Å². The van der Waals surface area contributed by atoms with Gasteiger partial charge in [-0.3, -0.25) is 0 Å². The van der Waals surface area contributed by atoms with Crippen LogP contribution in [0.15, 0.2) is 24.3 Å². The molecule has 0 aliphatic carbocycles. The topological polar surface area (TPSA) is 38.5 Å². The van der Waals surface area contributed by atoms with Crippen LogP contribution in [0.2, 0.25) is 0 Å². The Balaban J connectivity index is 2.17. The molecule has 2 atom stereocenters. The van der Waals surface area contributed by atoms with Crippen LogP contribution < -0.4 is 10.6 Å². The number of hydrogen-bond acceptors (Lipinski definition) is 3. The SMILES string of the molecule is Cc1ccccc1N1CC(C)OC(CN)C1. The van der Waals surface area contributed by atoms with Crippen molar-refractivity contribution in [1.82, 2.24) is 0 Å². The normalized spacial score (nSPS) is 25.8. The van der Waals surface area contributed by atoms with Crippen LogP contribution in [0.4, 0.5) is 5.69 Å². The highest BCUT2D eigenvalue weighted by Crippen LogP contribution is 2.23. The lowest BCUT2D eigenvalue weighted by atomic mass is 10.1. The molecule has 2 N–H and O–H groups in total. The van der Waals surface area contributed by atoms with E-state index in [1.54, 1.807) is 0 Å². The van der Waals surface area contributed by atoms with Crippen LogP contribution >= 0.6 is 0 Å². The second-order valence-corrected chi connectivity index (χ2v) is 4.50. The molecule has 0 radical (unpaired) electrons. The molecule has 1 aliphatic heterocycles. The highest BCUT2D eigenvalue weighted by Gasteiger charge is 2.24. The fraction of sp³-hybridized carbons (Fsp3) is 0.538. The molecule has 1 aromatic carbocycles. The van der Waals surface area contributed by atoms with Gasteiger partial charge >= 0.3 is 0 Å². The van der Waals surface area contributed by atoms with Crippen LogP contribution in [0.5, 0.6) is 0 Å². The molecule has 0 spiro atoms. The molecule has 1 aromatic rings. The molecule has 0 amide bonds. The summed E-state index contributed by atoms with van der Waals surface area (Å²) in [4.78, 5) is 2.38. The summed E-state index contributed by atoms with van der Waals surface area (Å²) in [5.41, 5.74) is 8.31. The summed E-state index contributed by atoms with van der Waals surface area (Å²) >= 11 is 0. The van der Waals surface area contributed by atoms with Crippen LogP contribution in [-0.4, -0.2) is 31.8 Å². The molecule has 2 rings (SSSR count). The first-order chi connectivity index (χ1) is 7.70. The number of nitrogens with two attached hydrogens (primary N) is 1. The van der Waals surface area contributed by atoms with Gasteiger partial charge in [0.2, 0.25) is 0 Å². The molecule has 1 heterocycles. The second kappa shape index (κ2) is 4.85. The zero-order chi connectivity index (χ0) is 11.5. The number of morpholine rings is 1. The molecule has 0 saturated carbocycles.